The normalized spacial score (nSPS) is 13.9. The number of nitrogens with one attached hydrogen (secondary N) is 1. The second kappa shape index (κ2) is 9.28. The lowest BCUT2D eigenvalue weighted by Crippen LogP contribution is -2.25. The van der Waals surface area contributed by atoms with E-state index < -0.39 is 0 Å². The van der Waals surface area contributed by atoms with Crippen LogP contribution in [0.2, 0.25) is 0 Å². The van der Waals surface area contributed by atoms with Crippen LogP contribution in [0.1, 0.15) is 32.3 Å². The van der Waals surface area contributed by atoms with E-state index in [1.54, 1.807) is 24.2 Å². The Balaban J connectivity index is 1.71. The SMILES string of the molecule is COc1cc(/C=C/C(=O)Nc2ccccc2N2CCCC2=O)ccc1OC(C)C. The molecule has 29 heavy (non-hydrogen) atoms. The van der Waals surface area contributed by atoms with Crippen molar-refractivity contribution in [3.05, 3.63) is 54.1 Å². The van der Waals surface area contributed by atoms with Crippen molar-refractivity contribution in [1.82, 2.24) is 0 Å². The lowest BCUT2D eigenvalue weighted by molar-refractivity contribution is -0.117. The summed E-state index contributed by atoms with van der Waals surface area (Å²) in [5.74, 6) is 1.08. The molecule has 1 heterocycles. The molecule has 0 radical (unpaired) electrons. The minimum atomic E-state index is -0.273. The van der Waals surface area contributed by atoms with Gasteiger partial charge in [0.05, 0.1) is 24.6 Å². The van der Waals surface area contributed by atoms with E-state index in [4.69, 9.17) is 9.47 Å². The van der Waals surface area contributed by atoms with Crippen molar-refractivity contribution in [2.24, 2.45) is 0 Å². The molecule has 0 atom stereocenters. The molecule has 1 fully saturated rings. The van der Waals surface area contributed by atoms with Crippen molar-refractivity contribution in [1.29, 1.82) is 0 Å². The molecule has 1 aliphatic heterocycles. The Kier molecular flexibility index (Phi) is 6.54. The number of para-hydroxylation sites is 2. The van der Waals surface area contributed by atoms with E-state index in [0.717, 1.165) is 17.7 Å². The van der Waals surface area contributed by atoms with Gasteiger partial charge in [-0.25, -0.2) is 0 Å². The lowest BCUT2D eigenvalue weighted by atomic mass is 10.2. The molecular weight excluding hydrogens is 368 g/mol. The molecule has 2 aromatic rings. The Labute approximate surface area is 171 Å². The minimum Gasteiger partial charge on any atom is -0.493 e. The zero-order valence-electron chi connectivity index (χ0n) is 17.0. The van der Waals surface area contributed by atoms with Crippen LogP contribution in [0, 0.1) is 0 Å². The van der Waals surface area contributed by atoms with Crippen LogP contribution in [0.15, 0.2) is 48.5 Å². The van der Waals surface area contributed by atoms with Crippen LogP contribution in [0.25, 0.3) is 6.08 Å². The molecule has 152 valence electrons. The zero-order chi connectivity index (χ0) is 20.8. The van der Waals surface area contributed by atoms with Crippen molar-refractivity contribution >= 4 is 29.3 Å². The molecule has 3 rings (SSSR count). The van der Waals surface area contributed by atoms with Gasteiger partial charge in [0, 0.05) is 19.0 Å². The molecule has 2 amide bonds. The van der Waals surface area contributed by atoms with Crippen LogP contribution in [0.4, 0.5) is 11.4 Å². The number of amides is 2. The number of anilines is 2. The van der Waals surface area contributed by atoms with Crippen molar-refractivity contribution in [3.63, 3.8) is 0 Å². The summed E-state index contributed by atoms with van der Waals surface area (Å²) in [6, 6.07) is 12.8. The van der Waals surface area contributed by atoms with Gasteiger partial charge in [-0.3, -0.25) is 9.59 Å². The standard InChI is InChI=1S/C23H26N2O4/c1-16(2)29-20-12-10-17(15-21(20)28-3)11-13-22(26)24-18-7-4-5-8-19(18)25-14-6-9-23(25)27/h4-5,7-8,10-13,15-16H,6,9,14H2,1-3H3,(H,24,26)/b13-11+. The molecule has 1 aliphatic rings. The van der Waals surface area contributed by atoms with Gasteiger partial charge in [-0.05, 0) is 56.2 Å². The first kappa shape index (κ1) is 20.5. The summed E-state index contributed by atoms with van der Waals surface area (Å²) in [5.41, 5.74) is 2.17. The van der Waals surface area contributed by atoms with Gasteiger partial charge in [0.25, 0.3) is 0 Å². The Morgan fingerprint density at radius 2 is 1.97 bits per heavy atom. The molecule has 0 unspecified atom stereocenters. The monoisotopic (exact) mass is 394 g/mol. The minimum absolute atomic E-state index is 0.0404. The molecule has 1 N–H and O–H groups in total. The van der Waals surface area contributed by atoms with Gasteiger partial charge in [0.15, 0.2) is 11.5 Å². The second-order valence-corrected chi connectivity index (χ2v) is 7.07. The third-order valence-electron chi connectivity index (χ3n) is 4.50. The van der Waals surface area contributed by atoms with E-state index >= 15 is 0 Å². The molecule has 2 aromatic carbocycles. The Morgan fingerprint density at radius 1 is 1.17 bits per heavy atom. The van der Waals surface area contributed by atoms with Gasteiger partial charge in [0.2, 0.25) is 11.8 Å². The Bertz CT molecular complexity index is 921. The number of ether oxygens (including phenoxy) is 2. The zero-order valence-corrected chi connectivity index (χ0v) is 17.0. The smallest absolute Gasteiger partial charge is 0.248 e. The molecule has 0 aliphatic carbocycles. The van der Waals surface area contributed by atoms with Gasteiger partial charge < -0.3 is 19.7 Å². The van der Waals surface area contributed by atoms with Gasteiger partial charge in [-0.15, -0.1) is 0 Å². The maximum Gasteiger partial charge on any atom is 0.248 e. The highest BCUT2D eigenvalue weighted by atomic mass is 16.5. The Morgan fingerprint density at radius 3 is 2.66 bits per heavy atom. The van der Waals surface area contributed by atoms with Crippen LogP contribution in [-0.2, 0) is 9.59 Å². The highest BCUT2D eigenvalue weighted by molar-refractivity contribution is 6.06. The van der Waals surface area contributed by atoms with Crippen molar-refractivity contribution in [2.75, 3.05) is 23.9 Å². The number of benzene rings is 2. The van der Waals surface area contributed by atoms with Gasteiger partial charge in [0.1, 0.15) is 0 Å². The first-order valence-corrected chi connectivity index (χ1v) is 9.71. The van der Waals surface area contributed by atoms with E-state index in [1.165, 1.54) is 6.08 Å². The molecule has 1 saturated heterocycles. The van der Waals surface area contributed by atoms with Crippen LogP contribution >= 0.6 is 0 Å². The summed E-state index contributed by atoms with van der Waals surface area (Å²) in [5, 5.41) is 2.87. The largest absolute Gasteiger partial charge is 0.493 e. The highest BCUT2D eigenvalue weighted by Crippen LogP contribution is 2.30. The van der Waals surface area contributed by atoms with Gasteiger partial charge >= 0.3 is 0 Å². The van der Waals surface area contributed by atoms with Crippen molar-refractivity contribution < 1.29 is 19.1 Å². The molecule has 0 saturated carbocycles. The molecule has 0 spiro atoms. The molecule has 6 heteroatoms. The van der Waals surface area contributed by atoms with Crippen LogP contribution < -0.4 is 19.7 Å². The molecular formula is C23H26N2O4. The quantitative estimate of drug-likeness (QED) is 0.713. The summed E-state index contributed by atoms with van der Waals surface area (Å²) in [6.45, 7) is 4.57. The Hall–Kier alpha value is -3.28. The topological polar surface area (TPSA) is 67.9 Å². The fraction of sp³-hybridized carbons (Fsp3) is 0.304. The van der Waals surface area contributed by atoms with E-state index in [2.05, 4.69) is 5.32 Å². The van der Waals surface area contributed by atoms with Crippen LogP contribution in [0.5, 0.6) is 11.5 Å². The fourth-order valence-electron chi connectivity index (χ4n) is 3.20. The third kappa shape index (κ3) is 5.16. The van der Waals surface area contributed by atoms with Crippen LogP contribution in [0.3, 0.4) is 0 Å². The number of carbonyl (C=O) groups excluding carboxylic acids is 2. The average molecular weight is 394 g/mol. The summed E-state index contributed by atoms with van der Waals surface area (Å²) >= 11 is 0. The maximum absolute atomic E-state index is 12.4. The van der Waals surface area contributed by atoms with E-state index in [-0.39, 0.29) is 17.9 Å². The molecule has 0 bridgehead atoms. The second-order valence-electron chi connectivity index (χ2n) is 7.07. The first-order chi connectivity index (χ1) is 14.0. The van der Waals surface area contributed by atoms with Crippen LogP contribution in [-0.4, -0.2) is 31.6 Å². The van der Waals surface area contributed by atoms with Crippen molar-refractivity contribution in [2.45, 2.75) is 32.8 Å². The lowest BCUT2D eigenvalue weighted by Gasteiger charge is -2.19. The molecule has 0 aromatic heterocycles. The van der Waals surface area contributed by atoms with E-state index in [1.807, 2.05) is 50.2 Å². The van der Waals surface area contributed by atoms with Gasteiger partial charge in [-0.1, -0.05) is 18.2 Å². The maximum atomic E-state index is 12.4. The summed E-state index contributed by atoms with van der Waals surface area (Å²) in [7, 11) is 1.58. The molecule has 6 nitrogen and oxygen atoms in total. The first-order valence-electron chi connectivity index (χ1n) is 9.71. The summed E-state index contributed by atoms with van der Waals surface area (Å²) in [6.07, 6.45) is 4.58. The number of carbonyl (C=O) groups is 2. The predicted molar refractivity (Wildman–Crippen MR) is 114 cm³/mol. The highest BCUT2D eigenvalue weighted by Gasteiger charge is 2.23. The fourth-order valence-corrected chi connectivity index (χ4v) is 3.20. The van der Waals surface area contributed by atoms with E-state index in [0.29, 0.717) is 30.2 Å². The summed E-state index contributed by atoms with van der Waals surface area (Å²) in [4.78, 5) is 26.2. The number of rotatable bonds is 7. The van der Waals surface area contributed by atoms with Crippen molar-refractivity contribution in [3.8, 4) is 11.5 Å². The van der Waals surface area contributed by atoms with Gasteiger partial charge in [-0.2, -0.15) is 0 Å². The number of nitrogens with zero attached hydrogens (tertiary/aromatic N) is 1. The number of hydrogen-bond donors (Lipinski definition) is 1. The van der Waals surface area contributed by atoms with E-state index in [9.17, 15) is 9.59 Å². The average Bonchev–Trinajstić information content (AvgIpc) is 3.13. The summed E-state index contributed by atoms with van der Waals surface area (Å²) < 4.78 is 11.1. The predicted octanol–water partition coefficient (Wildman–Crippen LogP) is 4.26. The number of methoxy groups -OCH3 is 1. The number of hydrogen-bond acceptors (Lipinski definition) is 4. The third-order valence-corrected chi connectivity index (χ3v) is 4.50.